The largest absolute Gasteiger partial charge is 0.357 e. The number of H-pyrrole nitrogens is 1. The van der Waals surface area contributed by atoms with Gasteiger partial charge in [-0.05, 0) is 36.6 Å². The topological polar surface area (TPSA) is 19.0 Å². The molecule has 2 heterocycles. The SMILES string of the molecule is Cc1ccc2[nH]c3c(c2c1)CCN(Cc1ccccc1)C3. The molecule has 0 radical (unpaired) electrons. The molecule has 1 aliphatic heterocycles. The van der Waals surface area contributed by atoms with Gasteiger partial charge in [0.25, 0.3) is 0 Å². The minimum Gasteiger partial charge on any atom is -0.357 e. The molecule has 1 aromatic heterocycles. The van der Waals surface area contributed by atoms with Crippen LogP contribution >= 0.6 is 0 Å². The Hall–Kier alpha value is -2.06. The minimum atomic E-state index is 1.03. The molecule has 0 amide bonds. The van der Waals surface area contributed by atoms with Gasteiger partial charge in [0, 0.05) is 36.2 Å². The highest BCUT2D eigenvalue weighted by Crippen LogP contribution is 2.28. The summed E-state index contributed by atoms with van der Waals surface area (Å²) in [4.78, 5) is 6.15. The molecule has 0 bridgehead atoms. The van der Waals surface area contributed by atoms with Crippen LogP contribution in [-0.2, 0) is 19.5 Å². The highest BCUT2D eigenvalue weighted by molar-refractivity contribution is 5.85. The molecular weight excluding hydrogens is 256 g/mol. The van der Waals surface area contributed by atoms with Gasteiger partial charge in [-0.25, -0.2) is 0 Å². The maximum absolute atomic E-state index is 3.62. The molecule has 2 heteroatoms. The third-order valence-corrected chi connectivity index (χ3v) is 4.46. The van der Waals surface area contributed by atoms with E-state index in [0.29, 0.717) is 0 Å². The van der Waals surface area contributed by atoms with Gasteiger partial charge in [-0.2, -0.15) is 0 Å². The van der Waals surface area contributed by atoms with Crippen LogP contribution in [0.25, 0.3) is 10.9 Å². The third kappa shape index (κ3) is 2.36. The molecule has 2 aromatic carbocycles. The van der Waals surface area contributed by atoms with Crippen LogP contribution in [0.4, 0.5) is 0 Å². The van der Waals surface area contributed by atoms with E-state index in [4.69, 9.17) is 0 Å². The van der Waals surface area contributed by atoms with Gasteiger partial charge in [-0.15, -0.1) is 0 Å². The van der Waals surface area contributed by atoms with E-state index in [1.807, 2.05) is 0 Å². The molecule has 2 nitrogen and oxygen atoms in total. The third-order valence-electron chi connectivity index (χ3n) is 4.46. The van der Waals surface area contributed by atoms with Gasteiger partial charge in [-0.3, -0.25) is 4.90 Å². The molecule has 4 rings (SSSR count). The highest BCUT2D eigenvalue weighted by atomic mass is 15.1. The summed E-state index contributed by atoms with van der Waals surface area (Å²) in [6, 6.07) is 17.5. The summed E-state index contributed by atoms with van der Waals surface area (Å²) in [7, 11) is 0. The van der Waals surface area contributed by atoms with Crippen molar-refractivity contribution >= 4 is 10.9 Å². The van der Waals surface area contributed by atoms with E-state index in [9.17, 15) is 0 Å². The molecule has 0 saturated carbocycles. The predicted octanol–water partition coefficient (Wildman–Crippen LogP) is 4.03. The lowest BCUT2D eigenvalue weighted by Gasteiger charge is -2.27. The maximum atomic E-state index is 3.62. The fraction of sp³-hybridized carbons (Fsp3) is 0.263. The molecule has 0 unspecified atom stereocenters. The van der Waals surface area contributed by atoms with Gasteiger partial charge in [0.1, 0.15) is 0 Å². The van der Waals surface area contributed by atoms with E-state index in [1.54, 1.807) is 0 Å². The standard InChI is InChI=1S/C19H20N2/c1-14-7-8-18-17(11-14)16-9-10-21(13-19(16)20-18)12-15-5-3-2-4-6-15/h2-8,11,20H,9-10,12-13H2,1H3. The van der Waals surface area contributed by atoms with Crippen molar-refractivity contribution in [3.63, 3.8) is 0 Å². The molecule has 106 valence electrons. The van der Waals surface area contributed by atoms with Crippen molar-refractivity contribution in [1.29, 1.82) is 0 Å². The second kappa shape index (κ2) is 5.05. The van der Waals surface area contributed by atoms with Crippen molar-refractivity contribution in [2.75, 3.05) is 6.54 Å². The number of nitrogens with one attached hydrogen (secondary N) is 1. The average molecular weight is 276 g/mol. The fourth-order valence-corrected chi connectivity index (χ4v) is 3.39. The number of hydrogen-bond donors (Lipinski definition) is 1. The van der Waals surface area contributed by atoms with E-state index in [1.165, 1.54) is 33.3 Å². The Morgan fingerprint density at radius 1 is 1.10 bits per heavy atom. The molecule has 21 heavy (non-hydrogen) atoms. The number of aromatic nitrogens is 1. The molecule has 0 aliphatic carbocycles. The van der Waals surface area contributed by atoms with Crippen LogP contribution in [0.5, 0.6) is 0 Å². The summed E-state index contributed by atoms with van der Waals surface area (Å²) in [5, 5.41) is 1.42. The first-order chi connectivity index (χ1) is 10.3. The van der Waals surface area contributed by atoms with Crippen molar-refractivity contribution in [3.05, 3.63) is 70.9 Å². The van der Waals surface area contributed by atoms with Crippen LogP contribution in [0.2, 0.25) is 0 Å². The van der Waals surface area contributed by atoms with E-state index in [-0.39, 0.29) is 0 Å². The van der Waals surface area contributed by atoms with Crippen LogP contribution in [-0.4, -0.2) is 16.4 Å². The molecule has 0 atom stereocenters. The Kier molecular flexibility index (Phi) is 3.04. The number of rotatable bonds is 2. The lowest BCUT2D eigenvalue weighted by atomic mass is 10.0. The van der Waals surface area contributed by atoms with Crippen molar-refractivity contribution in [3.8, 4) is 0 Å². The average Bonchev–Trinajstić information content (AvgIpc) is 2.85. The van der Waals surface area contributed by atoms with Gasteiger partial charge in [0.05, 0.1) is 0 Å². The van der Waals surface area contributed by atoms with Crippen LogP contribution in [0.1, 0.15) is 22.4 Å². The lowest BCUT2D eigenvalue weighted by molar-refractivity contribution is 0.243. The predicted molar refractivity (Wildman–Crippen MR) is 87.3 cm³/mol. The summed E-state index contributed by atoms with van der Waals surface area (Å²) >= 11 is 0. The summed E-state index contributed by atoms with van der Waals surface area (Å²) in [5.74, 6) is 0. The highest BCUT2D eigenvalue weighted by Gasteiger charge is 2.20. The molecular formula is C19H20N2. The van der Waals surface area contributed by atoms with E-state index < -0.39 is 0 Å². The summed E-state index contributed by atoms with van der Waals surface area (Å²) in [6.45, 7) is 5.37. The molecule has 0 saturated heterocycles. The number of benzene rings is 2. The van der Waals surface area contributed by atoms with Gasteiger partial charge in [-0.1, -0.05) is 42.0 Å². The maximum Gasteiger partial charge on any atom is 0.0459 e. The zero-order valence-electron chi connectivity index (χ0n) is 12.4. The first kappa shape index (κ1) is 12.7. The van der Waals surface area contributed by atoms with Crippen molar-refractivity contribution in [1.82, 2.24) is 9.88 Å². The second-order valence-corrected chi connectivity index (χ2v) is 6.08. The van der Waals surface area contributed by atoms with Gasteiger partial charge < -0.3 is 4.98 Å². The van der Waals surface area contributed by atoms with Gasteiger partial charge in [0.2, 0.25) is 0 Å². The number of aryl methyl sites for hydroxylation is 1. The Balaban J connectivity index is 1.62. The van der Waals surface area contributed by atoms with Crippen LogP contribution in [0.15, 0.2) is 48.5 Å². The van der Waals surface area contributed by atoms with Gasteiger partial charge >= 0.3 is 0 Å². The lowest BCUT2D eigenvalue weighted by Crippen LogP contribution is -2.29. The van der Waals surface area contributed by atoms with E-state index >= 15 is 0 Å². The van der Waals surface area contributed by atoms with E-state index in [0.717, 1.165) is 26.1 Å². The minimum absolute atomic E-state index is 1.03. The molecule has 3 aromatic rings. The monoisotopic (exact) mass is 276 g/mol. The normalized spacial score (nSPS) is 15.3. The Bertz CT molecular complexity index is 771. The molecule has 1 N–H and O–H groups in total. The second-order valence-electron chi connectivity index (χ2n) is 6.08. The number of aromatic amines is 1. The number of nitrogens with zero attached hydrogens (tertiary/aromatic N) is 1. The summed E-state index contributed by atoms with van der Waals surface area (Å²) in [5.41, 5.74) is 6.95. The summed E-state index contributed by atoms with van der Waals surface area (Å²) < 4.78 is 0. The summed E-state index contributed by atoms with van der Waals surface area (Å²) in [6.07, 6.45) is 1.14. The Labute approximate surface area is 125 Å². The quantitative estimate of drug-likeness (QED) is 0.748. The molecule has 1 aliphatic rings. The smallest absolute Gasteiger partial charge is 0.0459 e. The molecule has 0 fully saturated rings. The first-order valence-electron chi connectivity index (χ1n) is 7.66. The Morgan fingerprint density at radius 2 is 1.95 bits per heavy atom. The van der Waals surface area contributed by atoms with Crippen LogP contribution in [0, 0.1) is 6.92 Å². The van der Waals surface area contributed by atoms with E-state index in [2.05, 4.69) is 65.3 Å². The van der Waals surface area contributed by atoms with Gasteiger partial charge in [0.15, 0.2) is 0 Å². The van der Waals surface area contributed by atoms with Crippen molar-refractivity contribution < 1.29 is 0 Å². The zero-order chi connectivity index (χ0) is 14.2. The first-order valence-corrected chi connectivity index (χ1v) is 7.66. The number of fused-ring (bicyclic) bond motifs is 3. The van der Waals surface area contributed by atoms with Crippen LogP contribution < -0.4 is 0 Å². The Morgan fingerprint density at radius 3 is 2.81 bits per heavy atom. The fourth-order valence-electron chi connectivity index (χ4n) is 3.39. The molecule has 0 spiro atoms. The van der Waals surface area contributed by atoms with Crippen LogP contribution in [0.3, 0.4) is 0 Å². The van der Waals surface area contributed by atoms with Crippen molar-refractivity contribution in [2.45, 2.75) is 26.4 Å². The van der Waals surface area contributed by atoms with Crippen molar-refractivity contribution in [2.24, 2.45) is 0 Å². The zero-order valence-corrected chi connectivity index (χ0v) is 12.4. The number of hydrogen-bond acceptors (Lipinski definition) is 1.